The molecule has 0 bridgehead atoms. The summed E-state index contributed by atoms with van der Waals surface area (Å²) in [6, 6.07) is 13.7. The summed E-state index contributed by atoms with van der Waals surface area (Å²) in [5, 5.41) is 1.13. The fourth-order valence-corrected chi connectivity index (χ4v) is 3.00. The summed E-state index contributed by atoms with van der Waals surface area (Å²) < 4.78 is 0. The molecule has 134 valence electrons. The van der Waals surface area contributed by atoms with E-state index >= 15 is 0 Å². The Morgan fingerprint density at radius 2 is 1.78 bits per heavy atom. The van der Waals surface area contributed by atoms with Crippen LogP contribution in [-0.4, -0.2) is 37.8 Å². The summed E-state index contributed by atoms with van der Waals surface area (Å²) >= 11 is 0. The van der Waals surface area contributed by atoms with Crippen LogP contribution in [0.4, 0.5) is 0 Å². The molecule has 1 N–H and O–H groups in total. The number of rotatable bonds is 4. The van der Waals surface area contributed by atoms with Crippen molar-refractivity contribution in [2.45, 2.75) is 13.0 Å². The SMILES string of the molecule is CC(c1cc2ccccc2[nH]1)N(C)C(=O)c1cnc(-c2ccncc2)nc1. The quantitative estimate of drug-likeness (QED) is 0.602. The Kier molecular flexibility index (Phi) is 4.38. The second kappa shape index (κ2) is 6.99. The Morgan fingerprint density at radius 3 is 2.48 bits per heavy atom. The van der Waals surface area contributed by atoms with Crippen LogP contribution in [0.2, 0.25) is 0 Å². The van der Waals surface area contributed by atoms with Crippen LogP contribution in [0.25, 0.3) is 22.3 Å². The molecule has 1 aromatic carbocycles. The molecule has 0 saturated heterocycles. The molecule has 0 fully saturated rings. The van der Waals surface area contributed by atoms with Crippen LogP contribution in [-0.2, 0) is 0 Å². The number of aromatic nitrogens is 4. The molecule has 27 heavy (non-hydrogen) atoms. The Bertz CT molecular complexity index is 1040. The second-order valence-corrected chi connectivity index (χ2v) is 6.44. The van der Waals surface area contributed by atoms with Crippen LogP contribution in [0.3, 0.4) is 0 Å². The minimum absolute atomic E-state index is 0.107. The van der Waals surface area contributed by atoms with Crippen molar-refractivity contribution in [1.82, 2.24) is 24.8 Å². The summed E-state index contributed by atoms with van der Waals surface area (Å²) in [6.45, 7) is 1.99. The van der Waals surface area contributed by atoms with Gasteiger partial charge in [-0.3, -0.25) is 9.78 Å². The summed E-state index contributed by atoms with van der Waals surface area (Å²) in [7, 11) is 1.79. The Labute approximate surface area is 156 Å². The monoisotopic (exact) mass is 357 g/mol. The number of nitrogens with one attached hydrogen (secondary N) is 1. The molecule has 3 heterocycles. The standard InChI is InChI=1S/C21H19N5O/c1-14(19-11-16-5-3-4-6-18(16)25-19)26(2)21(27)17-12-23-20(24-13-17)15-7-9-22-10-8-15/h3-14,25H,1-2H3. The lowest BCUT2D eigenvalue weighted by molar-refractivity contribution is 0.0739. The van der Waals surface area contributed by atoms with Gasteiger partial charge in [0.25, 0.3) is 5.91 Å². The van der Waals surface area contributed by atoms with Crippen LogP contribution in [0.1, 0.15) is 29.0 Å². The molecule has 0 spiro atoms. The van der Waals surface area contributed by atoms with E-state index in [1.807, 2.05) is 37.3 Å². The highest BCUT2D eigenvalue weighted by molar-refractivity contribution is 5.94. The number of pyridine rings is 1. The van der Waals surface area contributed by atoms with E-state index in [1.165, 1.54) is 0 Å². The number of hydrogen-bond donors (Lipinski definition) is 1. The van der Waals surface area contributed by atoms with Gasteiger partial charge in [0.2, 0.25) is 0 Å². The third-order valence-electron chi connectivity index (χ3n) is 4.74. The highest BCUT2D eigenvalue weighted by atomic mass is 16.2. The second-order valence-electron chi connectivity index (χ2n) is 6.44. The molecule has 0 saturated carbocycles. The topological polar surface area (TPSA) is 74.8 Å². The molecule has 1 amide bonds. The van der Waals surface area contributed by atoms with E-state index in [1.54, 1.807) is 36.7 Å². The van der Waals surface area contributed by atoms with Gasteiger partial charge in [0, 0.05) is 48.6 Å². The molecular weight excluding hydrogens is 338 g/mol. The first-order valence-corrected chi connectivity index (χ1v) is 8.71. The zero-order chi connectivity index (χ0) is 18.8. The van der Waals surface area contributed by atoms with Crippen molar-refractivity contribution >= 4 is 16.8 Å². The first-order chi connectivity index (χ1) is 13.1. The van der Waals surface area contributed by atoms with E-state index in [0.717, 1.165) is 22.2 Å². The number of aromatic amines is 1. The normalized spacial score (nSPS) is 12.1. The maximum absolute atomic E-state index is 12.8. The van der Waals surface area contributed by atoms with Gasteiger partial charge >= 0.3 is 0 Å². The molecule has 0 radical (unpaired) electrons. The maximum Gasteiger partial charge on any atom is 0.257 e. The van der Waals surface area contributed by atoms with E-state index < -0.39 is 0 Å². The first-order valence-electron chi connectivity index (χ1n) is 8.71. The van der Waals surface area contributed by atoms with Crippen molar-refractivity contribution in [3.8, 4) is 11.4 Å². The lowest BCUT2D eigenvalue weighted by Crippen LogP contribution is -2.30. The fraction of sp³-hybridized carbons (Fsp3) is 0.143. The molecular formula is C21H19N5O. The Balaban J connectivity index is 1.54. The Hall–Kier alpha value is -3.54. The van der Waals surface area contributed by atoms with Gasteiger partial charge in [0.05, 0.1) is 11.6 Å². The highest BCUT2D eigenvalue weighted by Gasteiger charge is 2.21. The molecule has 0 aliphatic heterocycles. The smallest absolute Gasteiger partial charge is 0.257 e. The van der Waals surface area contributed by atoms with Gasteiger partial charge in [-0.05, 0) is 36.6 Å². The highest BCUT2D eigenvalue weighted by Crippen LogP contribution is 2.24. The van der Waals surface area contributed by atoms with Crippen LogP contribution >= 0.6 is 0 Å². The fourth-order valence-electron chi connectivity index (χ4n) is 3.00. The number of fused-ring (bicyclic) bond motifs is 1. The molecule has 6 nitrogen and oxygen atoms in total. The molecule has 4 aromatic rings. The van der Waals surface area contributed by atoms with Crippen molar-refractivity contribution in [2.24, 2.45) is 0 Å². The van der Waals surface area contributed by atoms with Crippen molar-refractivity contribution in [2.75, 3.05) is 7.05 Å². The number of H-pyrrole nitrogens is 1. The van der Waals surface area contributed by atoms with E-state index in [9.17, 15) is 4.79 Å². The molecule has 1 atom stereocenters. The predicted molar refractivity (Wildman–Crippen MR) is 104 cm³/mol. The first kappa shape index (κ1) is 16.9. The van der Waals surface area contributed by atoms with Crippen LogP contribution in [0, 0.1) is 0 Å². The predicted octanol–water partition coefficient (Wildman–Crippen LogP) is 3.85. The van der Waals surface area contributed by atoms with Gasteiger partial charge in [0.15, 0.2) is 5.82 Å². The van der Waals surface area contributed by atoms with Gasteiger partial charge in [0.1, 0.15) is 0 Å². The summed E-state index contributed by atoms with van der Waals surface area (Å²) in [5.41, 5.74) is 3.37. The molecule has 6 heteroatoms. The Morgan fingerprint density at radius 1 is 1.07 bits per heavy atom. The van der Waals surface area contributed by atoms with Gasteiger partial charge in [-0.2, -0.15) is 0 Å². The van der Waals surface area contributed by atoms with Crippen LogP contribution in [0.15, 0.2) is 67.3 Å². The van der Waals surface area contributed by atoms with Gasteiger partial charge < -0.3 is 9.88 Å². The van der Waals surface area contributed by atoms with Crippen molar-refractivity contribution in [3.63, 3.8) is 0 Å². The zero-order valence-corrected chi connectivity index (χ0v) is 15.1. The average Bonchev–Trinajstić information content (AvgIpc) is 3.17. The number of carbonyl (C=O) groups excluding carboxylic acids is 1. The van der Waals surface area contributed by atoms with Crippen molar-refractivity contribution < 1.29 is 4.79 Å². The third kappa shape index (κ3) is 3.29. The minimum Gasteiger partial charge on any atom is -0.357 e. The van der Waals surface area contributed by atoms with E-state index in [0.29, 0.717) is 11.4 Å². The number of amides is 1. The number of para-hydroxylation sites is 1. The lowest BCUT2D eigenvalue weighted by Gasteiger charge is -2.24. The number of hydrogen-bond acceptors (Lipinski definition) is 4. The van der Waals surface area contributed by atoms with E-state index in [-0.39, 0.29) is 11.9 Å². The molecule has 0 aliphatic carbocycles. The third-order valence-corrected chi connectivity index (χ3v) is 4.74. The van der Waals surface area contributed by atoms with E-state index in [4.69, 9.17) is 0 Å². The average molecular weight is 357 g/mol. The maximum atomic E-state index is 12.8. The number of nitrogens with zero attached hydrogens (tertiary/aromatic N) is 4. The molecule has 0 aliphatic rings. The van der Waals surface area contributed by atoms with Gasteiger partial charge in [-0.25, -0.2) is 9.97 Å². The molecule has 4 rings (SSSR count). The van der Waals surface area contributed by atoms with Crippen LogP contribution in [0.5, 0.6) is 0 Å². The summed E-state index contributed by atoms with van der Waals surface area (Å²) in [5.74, 6) is 0.447. The van der Waals surface area contributed by atoms with Crippen molar-refractivity contribution in [1.29, 1.82) is 0 Å². The summed E-state index contributed by atoms with van der Waals surface area (Å²) in [6.07, 6.45) is 6.51. The summed E-state index contributed by atoms with van der Waals surface area (Å²) in [4.78, 5) is 30.6. The molecule has 1 unspecified atom stereocenters. The van der Waals surface area contributed by atoms with Crippen LogP contribution < -0.4 is 0 Å². The number of benzene rings is 1. The van der Waals surface area contributed by atoms with E-state index in [2.05, 4.69) is 32.1 Å². The lowest BCUT2D eigenvalue weighted by atomic mass is 10.1. The zero-order valence-electron chi connectivity index (χ0n) is 15.1. The van der Waals surface area contributed by atoms with Gasteiger partial charge in [-0.1, -0.05) is 18.2 Å². The molecule has 3 aromatic heterocycles. The van der Waals surface area contributed by atoms with Crippen molar-refractivity contribution in [3.05, 3.63) is 78.5 Å². The largest absolute Gasteiger partial charge is 0.357 e. The minimum atomic E-state index is -0.123. The number of carbonyl (C=O) groups is 1. The van der Waals surface area contributed by atoms with Gasteiger partial charge in [-0.15, -0.1) is 0 Å².